The first kappa shape index (κ1) is 23.5. The van der Waals surface area contributed by atoms with Crippen molar-refractivity contribution < 1.29 is 5.11 Å². The number of aryl methyl sites for hydroxylation is 1. The van der Waals surface area contributed by atoms with Crippen LogP contribution in [-0.2, 0) is 13.1 Å². The molecule has 0 aromatic heterocycles. The lowest BCUT2D eigenvalue weighted by Gasteiger charge is -2.33. The number of piperidine rings is 1. The zero-order chi connectivity index (χ0) is 19.8. The molecule has 0 aliphatic carbocycles. The molecule has 2 aromatic carbocycles. The van der Waals surface area contributed by atoms with Crippen molar-refractivity contribution in [3.8, 4) is 5.75 Å². The Kier molecular flexibility index (Phi) is 9.73. The van der Waals surface area contributed by atoms with Gasteiger partial charge < -0.3 is 15.7 Å². The van der Waals surface area contributed by atoms with Crippen LogP contribution in [0.2, 0.25) is 0 Å². The Morgan fingerprint density at radius 1 is 1.10 bits per heavy atom. The van der Waals surface area contributed by atoms with Crippen LogP contribution in [0.1, 0.15) is 36.5 Å². The van der Waals surface area contributed by atoms with Crippen LogP contribution in [0.15, 0.2) is 53.5 Å². The number of rotatable bonds is 6. The maximum absolute atomic E-state index is 9.60. The van der Waals surface area contributed by atoms with Crippen molar-refractivity contribution in [2.45, 2.75) is 45.8 Å². The van der Waals surface area contributed by atoms with Gasteiger partial charge in [0.2, 0.25) is 0 Å². The summed E-state index contributed by atoms with van der Waals surface area (Å²) in [5, 5.41) is 16.5. The summed E-state index contributed by atoms with van der Waals surface area (Å²) in [6.45, 7) is 8.83. The minimum absolute atomic E-state index is 0. The summed E-state index contributed by atoms with van der Waals surface area (Å²) in [5.41, 5.74) is 3.73. The van der Waals surface area contributed by atoms with Crippen LogP contribution >= 0.6 is 24.0 Å². The Balaban J connectivity index is 0.00000300. The predicted octanol–water partition coefficient (Wildman–Crippen LogP) is 4.04. The summed E-state index contributed by atoms with van der Waals surface area (Å²) in [7, 11) is 0. The lowest BCUT2D eigenvalue weighted by Crippen LogP contribution is -2.48. The molecular weight excluding hydrogens is 475 g/mol. The van der Waals surface area contributed by atoms with E-state index in [1.54, 1.807) is 12.1 Å². The molecule has 1 saturated heterocycles. The smallest absolute Gasteiger partial charge is 0.191 e. The maximum atomic E-state index is 9.60. The van der Waals surface area contributed by atoms with E-state index in [0.717, 1.165) is 50.5 Å². The number of aliphatic imine (C=N–C) groups is 1. The van der Waals surface area contributed by atoms with Crippen LogP contribution in [0.4, 0.5) is 0 Å². The molecule has 158 valence electrons. The van der Waals surface area contributed by atoms with Gasteiger partial charge in [0.05, 0.1) is 6.54 Å². The lowest BCUT2D eigenvalue weighted by molar-refractivity contribution is 0.198. The summed E-state index contributed by atoms with van der Waals surface area (Å²) in [6.07, 6.45) is 2.23. The zero-order valence-corrected chi connectivity index (χ0v) is 19.7. The van der Waals surface area contributed by atoms with Gasteiger partial charge in [-0.25, -0.2) is 4.99 Å². The van der Waals surface area contributed by atoms with Crippen molar-refractivity contribution in [3.63, 3.8) is 0 Å². The summed E-state index contributed by atoms with van der Waals surface area (Å²) < 4.78 is 0. The van der Waals surface area contributed by atoms with E-state index >= 15 is 0 Å². The van der Waals surface area contributed by atoms with Crippen molar-refractivity contribution in [2.75, 3.05) is 19.6 Å². The SMILES string of the molecule is CCNC(=NCc1cccc(O)c1)NC1CCN(Cc2cccc(C)c2)CC1.I. The number of hydrogen-bond donors (Lipinski definition) is 3. The number of likely N-dealkylation sites (tertiary alicyclic amines) is 1. The van der Waals surface area contributed by atoms with Crippen molar-refractivity contribution in [3.05, 3.63) is 65.2 Å². The number of hydrogen-bond acceptors (Lipinski definition) is 3. The molecule has 3 rings (SSSR count). The van der Waals surface area contributed by atoms with Gasteiger partial charge in [0.15, 0.2) is 5.96 Å². The number of phenolic OH excluding ortho intramolecular Hbond substituents is 1. The van der Waals surface area contributed by atoms with E-state index < -0.39 is 0 Å². The minimum Gasteiger partial charge on any atom is -0.508 e. The second kappa shape index (κ2) is 12.0. The van der Waals surface area contributed by atoms with E-state index in [9.17, 15) is 5.11 Å². The van der Waals surface area contributed by atoms with Crippen LogP contribution in [0, 0.1) is 6.92 Å². The molecule has 0 bridgehead atoms. The number of halogens is 1. The fraction of sp³-hybridized carbons (Fsp3) is 0.435. The van der Waals surface area contributed by atoms with Crippen LogP contribution in [0.25, 0.3) is 0 Å². The molecule has 0 saturated carbocycles. The fourth-order valence-corrected chi connectivity index (χ4v) is 3.64. The molecule has 2 aromatic rings. The van der Waals surface area contributed by atoms with Crippen LogP contribution in [-0.4, -0.2) is 41.6 Å². The Morgan fingerprint density at radius 3 is 2.52 bits per heavy atom. The molecular formula is C23H33IN4O. The second-order valence-corrected chi connectivity index (χ2v) is 7.55. The van der Waals surface area contributed by atoms with Crippen molar-refractivity contribution in [1.29, 1.82) is 0 Å². The molecule has 3 N–H and O–H groups in total. The molecule has 1 aliphatic rings. The molecule has 6 heteroatoms. The Bertz CT molecular complexity index is 788. The quantitative estimate of drug-likeness (QED) is 0.313. The van der Waals surface area contributed by atoms with Crippen molar-refractivity contribution in [1.82, 2.24) is 15.5 Å². The average Bonchev–Trinajstić information content (AvgIpc) is 2.68. The first-order chi connectivity index (χ1) is 13.6. The molecule has 1 fully saturated rings. The molecule has 1 heterocycles. The number of aromatic hydroxyl groups is 1. The molecule has 0 atom stereocenters. The van der Waals surface area contributed by atoms with Gasteiger partial charge >= 0.3 is 0 Å². The number of phenols is 1. The summed E-state index contributed by atoms with van der Waals surface area (Å²) in [5.74, 6) is 1.13. The predicted molar refractivity (Wildman–Crippen MR) is 131 cm³/mol. The highest BCUT2D eigenvalue weighted by atomic mass is 127. The first-order valence-electron chi connectivity index (χ1n) is 10.2. The van der Waals surface area contributed by atoms with Gasteiger partial charge in [-0.2, -0.15) is 0 Å². The monoisotopic (exact) mass is 508 g/mol. The van der Waals surface area contributed by atoms with Gasteiger partial charge in [-0.3, -0.25) is 4.90 Å². The van der Waals surface area contributed by atoms with Crippen LogP contribution in [0.5, 0.6) is 5.75 Å². The Morgan fingerprint density at radius 2 is 1.83 bits per heavy atom. The standard InChI is InChI=1S/C23H32N4O.HI/c1-3-24-23(25-16-19-7-5-9-22(28)15-19)26-21-10-12-27(13-11-21)17-20-8-4-6-18(2)14-20;/h4-9,14-15,21,28H,3,10-13,16-17H2,1-2H3,(H2,24,25,26);1H. The normalized spacial score (nSPS) is 15.6. The molecule has 1 aliphatic heterocycles. The zero-order valence-electron chi connectivity index (χ0n) is 17.4. The number of nitrogens with zero attached hydrogens (tertiary/aromatic N) is 2. The highest BCUT2D eigenvalue weighted by Crippen LogP contribution is 2.15. The Labute approximate surface area is 191 Å². The fourth-order valence-electron chi connectivity index (χ4n) is 3.64. The lowest BCUT2D eigenvalue weighted by atomic mass is 10.0. The second-order valence-electron chi connectivity index (χ2n) is 7.55. The third-order valence-corrected chi connectivity index (χ3v) is 5.09. The van der Waals surface area contributed by atoms with E-state index in [-0.39, 0.29) is 29.7 Å². The van der Waals surface area contributed by atoms with Crippen molar-refractivity contribution in [2.24, 2.45) is 4.99 Å². The highest BCUT2D eigenvalue weighted by Gasteiger charge is 2.20. The molecule has 5 nitrogen and oxygen atoms in total. The number of guanidine groups is 1. The van der Waals surface area contributed by atoms with E-state index in [4.69, 9.17) is 0 Å². The Hall–Kier alpha value is -1.80. The van der Waals surface area contributed by atoms with Gasteiger partial charge in [-0.1, -0.05) is 42.0 Å². The van der Waals surface area contributed by atoms with Crippen LogP contribution < -0.4 is 10.6 Å². The van der Waals surface area contributed by atoms with Gasteiger partial charge in [0.25, 0.3) is 0 Å². The average molecular weight is 508 g/mol. The third kappa shape index (κ3) is 7.85. The molecule has 0 unspecified atom stereocenters. The van der Waals surface area contributed by atoms with Gasteiger partial charge in [0, 0.05) is 32.2 Å². The highest BCUT2D eigenvalue weighted by molar-refractivity contribution is 14.0. The minimum atomic E-state index is 0. The molecule has 0 amide bonds. The molecule has 29 heavy (non-hydrogen) atoms. The topological polar surface area (TPSA) is 59.9 Å². The molecule has 0 radical (unpaired) electrons. The maximum Gasteiger partial charge on any atom is 0.191 e. The summed E-state index contributed by atoms with van der Waals surface area (Å²) >= 11 is 0. The van der Waals surface area contributed by atoms with Gasteiger partial charge in [0.1, 0.15) is 5.75 Å². The van der Waals surface area contributed by atoms with E-state index in [2.05, 4.69) is 58.6 Å². The molecule has 0 spiro atoms. The largest absolute Gasteiger partial charge is 0.508 e. The van der Waals surface area contributed by atoms with E-state index in [1.165, 1.54) is 11.1 Å². The van der Waals surface area contributed by atoms with Gasteiger partial charge in [-0.05, 0) is 49.9 Å². The van der Waals surface area contributed by atoms with Crippen molar-refractivity contribution >= 4 is 29.9 Å². The van der Waals surface area contributed by atoms with E-state index in [0.29, 0.717) is 12.6 Å². The third-order valence-electron chi connectivity index (χ3n) is 5.09. The summed E-state index contributed by atoms with van der Waals surface area (Å²) in [6, 6.07) is 16.5. The van der Waals surface area contributed by atoms with E-state index in [1.807, 2.05) is 12.1 Å². The first-order valence-corrected chi connectivity index (χ1v) is 10.2. The van der Waals surface area contributed by atoms with Gasteiger partial charge in [-0.15, -0.1) is 24.0 Å². The number of benzene rings is 2. The number of nitrogens with one attached hydrogen (secondary N) is 2. The summed E-state index contributed by atoms with van der Waals surface area (Å²) in [4.78, 5) is 7.22. The van der Waals surface area contributed by atoms with Crippen LogP contribution in [0.3, 0.4) is 0 Å².